The molecule has 0 spiro atoms. The van der Waals surface area contributed by atoms with E-state index in [0.717, 1.165) is 68.8 Å². The van der Waals surface area contributed by atoms with E-state index in [4.69, 9.17) is 35.5 Å². The highest BCUT2D eigenvalue weighted by atomic mass is 35.5. The number of hydrogen-bond donors (Lipinski definition) is 2. The average molecular weight is 922 g/mol. The van der Waals surface area contributed by atoms with E-state index in [1.54, 1.807) is 48.7 Å². The van der Waals surface area contributed by atoms with Gasteiger partial charge in [-0.25, -0.2) is 15.0 Å². The number of piperidine rings is 1. The number of amides is 2. The van der Waals surface area contributed by atoms with Gasteiger partial charge in [0.2, 0.25) is 17.8 Å². The molecular formula is C49H61ClN10O6. The van der Waals surface area contributed by atoms with Crippen LogP contribution in [0.1, 0.15) is 95.5 Å². The smallest absolute Gasteiger partial charge is 0.254 e. The minimum absolute atomic E-state index is 0.0877. The molecule has 4 aliphatic rings. The highest BCUT2D eigenvalue weighted by Gasteiger charge is 2.64. The number of ether oxygens (including phenoxy) is 4. The van der Waals surface area contributed by atoms with Crippen molar-refractivity contribution in [3.63, 3.8) is 0 Å². The van der Waals surface area contributed by atoms with Gasteiger partial charge in [0.1, 0.15) is 42.0 Å². The van der Waals surface area contributed by atoms with Gasteiger partial charge in [-0.2, -0.15) is 10.2 Å². The van der Waals surface area contributed by atoms with Gasteiger partial charge in [-0.1, -0.05) is 71.2 Å². The van der Waals surface area contributed by atoms with Crippen molar-refractivity contribution >= 4 is 52.5 Å². The summed E-state index contributed by atoms with van der Waals surface area (Å²) in [6, 6.07) is 14.7. The molecule has 2 N–H and O–H groups in total. The molecule has 1 atom stereocenters. The normalized spacial score (nSPS) is 21.5. The number of nitriles is 1. The molecule has 2 amide bonds. The topological polar surface area (TPSA) is 180 Å². The second-order valence-electron chi connectivity index (χ2n) is 18.8. The highest BCUT2D eigenvalue weighted by molar-refractivity contribution is 6.31. The van der Waals surface area contributed by atoms with Crippen LogP contribution in [0.2, 0.25) is 5.02 Å². The summed E-state index contributed by atoms with van der Waals surface area (Å²) >= 11 is 6.25. The van der Waals surface area contributed by atoms with Crippen LogP contribution in [0.4, 0.5) is 29.1 Å². The van der Waals surface area contributed by atoms with Crippen LogP contribution >= 0.6 is 11.6 Å². The lowest BCUT2D eigenvalue weighted by Gasteiger charge is -2.63. The van der Waals surface area contributed by atoms with E-state index in [1.165, 1.54) is 0 Å². The van der Waals surface area contributed by atoms with E-state index in [9.17, 15) is 14.9 Å². The van der Waals surface area contributed by atoms with Gasteiger partial charge in [0.25, 0.3) is 5.91 Å². The fourth-order valence-electron chi connectivity index (χ4n) is 10.5. The first-order chi connectivity index (χ1) is 31.8. The van der Waals surface area contributed by atoms with Gasteiger partial charge >= 0.3 is 0 Å². The lowest BCUT2D eigenvalue weighted by Crippen LogP contribution is -2.74. The Labute approximate surface area is 392 Å². The second kappa shape index (κ2) is 20.0. The van der Waals surface area contributed by atoms with Crippen LogP contribution in [0.3, 0.4) is 0 Å². The summed E-state index contributed by atoms with van der Waals surface area (Å²) in [4.78, 5) is 51.4. The quantitative estimate of drug-likeness (QED) is 0.0983. The zero-order chi connectivity index (χ0) is 46.6. The number of hydrogen-bond acceptors (Lipinski definition) is 14. The lowest BCUT2D eigenvalue weighted by molar-refractivity contribution is -0.164. The van der Waals surface area contributed by atoms with E-state index in [2.05, 4.69) is 76.1 Å². The number of nitrogens with one attached hydrogen (secondary N) is 2. The first kappa shape index (κ1) is 46.8. The predicted molar refractivity (Wildman–Crippen MR) is 253 cm³/mol. The third-order valence-corrected chi connectivity index (χ3v) is 14.0. The van der Waals surface area contributed by atoms with Gasteiger partial charge in [-0.15, -0.1) is 0 Å². The fourth-order valence-corrected chi connectivity index (χ4v) is 10.7. The summed E-state index contributed by atoms with van der Waals surface area (Å²) in [5.41, 5.74) is 1.47. The Balaban J connectivity index is 0.741. The first-order valence-electron chi connectivity index (χ1n) is 23.2. The summed E-state index contributed by atoms with van der Waals surface area (Å²) in [7, 11) is 1.80. The molecule has 3 fully saturated rings. The van der Waals surface area contributed by atoms with Gasteiger partial charge in [0.15, 0.2) is 5.82 Å². The molecule has 66 heavy (non-hydrogen) atoms. The van der Waals surface area contributed by atoms with Crippen LogP contribution in [0.5, 0.6) is 11.5 Å². The van der Waals surface area contributed by atoms with E-state index >= 15 is 0 Å². The molecule has 0 unspecified atom stereocenters. The highest BCUT2D eigenvalue weighted by Crippen LogP contribution is 2.55. The Bertz CT molecular complexity index is 2380. The Morgan fingerprint density at radius 2 is 1.65 bits per heavy atom. The van der Waals surface area contributed by atoms with Crippen LogP contribution in [-0.4, -0.2) is 109 Å². The van der Waals surface area contributed by atoms with Gasteiger partial charge in [-0.05, 0) is 56.4 Å². The number of aromatic nitrogens is 4. The lowest BCUT2D eigenvalue weighted by atomic mass is 9.49. The molecule has 16 nitrogen and oxygen atoms in total. The number of carbonyl (C=O) groups excluding carboxylic acids is 2. The van der Waals surface area contributed by atoms with Gasteiger partial charge < -0.3 is 44.3 Å². The van der Waals surface area contributed by atoms with Crippen molar-refractivity contribution in [2.24, 2.45) is 10.8 Å². The molecule has 0 radical (unpaired) electrons. The zero-order valence-electron chi connectivity index (χ0n) is 38.8. The van der Waals surface area contributed by atoms with Gasteiger partial charge in [0, 0.05) is 61.5 Å². The predicted octanol–water partition coefficient (Wildman–Crippen LogP) is 7.73. The maximum atomic E-state index is 13.4. The number of anilines is 5. The van der Waals surface area contributed by atoms with Crippen molar-refractivity contribution in [1.82, 2.24) is 25.3 Å². The third-order valence-electron chi connectivity index (χ3n) is 13.7. The van der Waals surface area contributed by atoms with Crippen molar-refractivity contribution in [1.29, 1.82) is 5.26 Å². The van der Waals surface area contributed by atoms with E-state index in [1.807, 2.05) is 24.3 Å². The summed E-state index contributed by atoms with van der Waals surface area (Å²) < 4.78 is 24.5. The molecule has 2 aliphatic heterocycles. The van der Waals surface area contributed by atoms with Crippen LogP contribution in [-0.2, 0) is 14.3 Å². The van der Waals surface area contributed by atoms with Crippen molar-refractivity contribution < 1.29 is 28.5 Å². The molecule has 17 heteroatoms. The molecular weight excluding hydrogens is 860 g/mol. The average Bonchev–Trinajstić information content (AvgIpc) is 3.86. The number of fused-ring (bicyclic) bond motifs is 1. The summed E-state index contributed by atoms with van der Waals surface area (Å²) in [5, 5.41) is 16.1. The minimum atomic E-state index is -0.390. The summed E-state index contributed by atoms with van der Waals surface area (Å²) in [6.45, 7) is 13.5. The summed E-state index contributed by atoms with van der Waals surface area (Å²) in [5.74, 6) is 2.92. The SMILES string of the molecule is CC[C@@H]1C(=O)N(C)c2cnc(Nc3ccccc3OCCOCCOC3CCN(c4ncc(C(=O)NC5C(C)(C)C(Oc6ccc(C#N)c(Cl)c6)C5(C)C)cn4)CC3)nc2N1C1CCCC1. The zero-order valence-corrected chi connectivity index (χ0v) is 39.5. The minimum Gasteiger partial charge on any atom is -0.489 e. The van der Waals surface area contributed by atoms with Gasteiger partial charge in [-0.3, -0.25) is 9.59 Å². The Hall–Kier alpha value is -5.76. The molecule has 2 aromatic carbocycles. The second-order valence-corrected chi connectivity index (χ2v) is 19.2. The Kier molecular flexibility index (Phi) is 14.2. The number of carbonyl (C=O) groups is 2. The fraction of sp³-hybridized carbons (Fsp3) is 0.531. The van der Waals surface area contributed by atoms with Crippen molar-refractivity contribution in [3.05, 3.63) is 77.2 Å². The van der Waals surface area contributed by atoms with Crippen molar-refractivity contribution in [3.8, 4) is 17.6 Å². The van der Waals surface area contributed by atoms with Crippen molar-refractivity contribution in [2.75, 3.05) is 66.6 Å². The summed E-state index contributed by atoms with van der Waals surface area (Å²) in [6.07, 6.45) is 11.6. The Morgan fingerprint density at radius 3 is 2.35 bits per heavy atom. The third kappa shape index (κ3) is 9.70. The number of benzene rings is 2. The molecule has 4 aromatic rings. The standard InChI is InChI=1S/C49H61ClN10O6/c1-7-38-43(62)58(6)39-30-52-46(56-41(39)60(38)33-12-8-9-13-33)55-37-14-10-11-15-40(37)65-25-23-63-22-24-64-34-18-20-59(21-19-34)47-53-28-32(29-54-47)42(61)57-44-48(2,3)45(49(44,4)5)66-35-17-16-31(27-51)36(50)26-35/h10-11,14-17,26,28-30,33-34,38,44-45H,7-9,12-13,18-25H2,1-6H3,(H,57,61)(H,52,55,56)/t38-,44?,45?/m1/s1. The van der Waals surface area contributed by atoms with E-state index in [0.29, 0.717) is 78.4 Å². The molecule has 0 bridgehead atoms. The molecule has 1 saturated heterocycles. The molecule has 2 saturated carbocycles. The molecule has 8 rings (SSSR count). The molecule has 2 aliphatic carbocycles. The van der Waals surface area contributed by atoms with Gasteiger partial charge in [0.05, 0.1) is 54.0 Å². The van der Waals surface area contributed by atoms with E-state index in [-0.39, 0.29) is 46.9 Å². The number of para-hydroxylation sites is 2. The number of rotatable bonds is 17. The Morgan fingerprint density at radius 1 is 0.939 bits per heavy atom. The monoisotopic (exact) mass is 920 g/mol. The maximum absolute atomic E-state index is 13.4. The first-order valence-corrected chi connectivity index (χ1v) is 23.5. The number of likely N-dealkylation sites (N-methyl/N-ethyl adjacent to an activating group) is 1. The van der Waals surface area contributed by atoms with Crippen molar-refractivity contribution in [2.45, 2.75) is 110 Å². The molecule has 4 heterocycles. The molecule has 350 valence electrons. The van der Waals surface area contributed by atoms with E-state index < -0.39 is 0 Å². The van der Waals surface area contributed by atoms with Crippen LogP contribution in [0.25, 0.3) is 0 Å². The van der Waals surface area contributed by atoms with Crippen LogP contribution in [0, 0.1) is 22.2 Å². The molecule has 2 aromatic heterocycles. The van der Waals surface area contributed by atoms with Crippen LogP contribution in [0.15, 0.2) is 61.1 Å². The largest absolute Gasteiger partial charge is 0.489 e. The maximum Gasteiger partial charge on any atom is 0.254 e. The number of halogens is 1. The van der Waals surface area contributed by atoms with Crippen LogP contribution < -0.4 is 34.8 Å². The number of nitrogens with zero attached hydrogens (tertiary/aromatic N) is 8.